The van der Waals surface area contributed by atoms with Gasteiger partial charge in [0.25, 0.3) is 5.91 Å². The number of hydrogen-bond donors (Lipinski definition) is 1. The molecule has 0 spiro atoms. The molecule has 0 saturated carbocycles. The predicted molar refractivity (Wildman–Crippen MR) is 82.7 cm³/mol. The van der Waals surface area contributed by atoms with Crippen molar-refractivity contribution in [2.24, 2.45) is 0 Å². The maximum atomic E-state index is 11.7. The van der Waals surface area contributed by atoms with E-state index in [0.717, 1.165) is 0 Å². The molecule has 23 heavy (non-hydrogen) atoms. The first-order valence-electron chi connectivity index (χ1n) is 6.81. The molecule has 0 saturated heterocycles. The van der Waals surface area contributed by atoms with Gasteiger partial charge in [0.05, 0.1) is 11.3 Å². The molecule has 116 valence electrons. The minimum absolute atomic E-state index is 0.286. The molecule has 0 fully saturated rings. The second-order valence-corrected chi connectivity index (χ2v) is 4.47. The number of amides is 1. The maximum absolute atomic E-state index is 11.7. The molecule has 1 N–H and O–H groups in total. The second-order valence-electron chi connectivity index (χ2n) is 4.47. The van der Waals surface area contributed by atoms with Crippen LogP contribution in [0.25, 0.3) is 0 Å². The monoisotopic (exact) mass is 310 g/mol. The normalized spacial score (nSPS) is 9.52. The van der Waals surface area contributed by atoms with E-state index in [-0.39, 0.29) is 6.61 Å². The van der Waals surface area contributed by atoms with Crippen LogP contribution in [0.3, 0.4) is 0 Å². The summed E-state index contributed by atoms with van der Waals surface area (Å²) in [7, 11) is 0. The Morgan fingerprint density at radius 3 is 2.43 bits per heavy atom. The van der Waals surface area contributed by atoms with E-state index in [1.54, 1.807) is 48.5 Å². The summed E-state index contributed by atoms with van der Waals surface area (Å²) in [5.74, 6) is -0.643. The lowest BCUT2D eigenvalue weighted by atomic mass is 10.2. The third-order valence-corrected chi connectivity index (χ3v) is 2.79. The first-order chi connectivity index (χ1) is 11.2. The molecular weight excluding hydrogens is 296 g/mol. The van der Waals surface area contributed by atoms with Gasteiger partial charge in [-0.05, 0) is 24.3 Å². The van der Waals surface area contributed by atoms with E-state index in [2.05, 4.69) is 5.32 Å². The van der Waals surface area contributed by atoms with Gasteiger partial charge in [0.2, 0.25) is 0 Å². The molecule has 2 aromatic carbocycles. The molecule has 0 bridgehead atoms. The number of esters is 1. The molecule has 0 unspecified atom stereocenters. The molecule has 0 atom stereocenters. The third-order valence-electron chi connectivity index (χ3n) is 2.79. The number of rotatable bonds is 6. The largest absolute Gasteiger partial charge is 0.482 e. The van der Waals surface area contributed by atoms with Crippen LogP contribution in [0.5, 0.6) is 5.75 Å². The van der Waals surface area contributed by atoms with Crippen molar-refractivity contribution in [3.05, 3.63) is 60.2 Å². The zero-order valence-corrected chi connectivity index (χ0v) is 12.2. The van der Waals surface area contributed by atoms with Crippen LogP contribution in [0.4, 0.5) is 5.69 Å². The average molecular weight is 310 g/mol. The molecule has 0 radical (unpaired) electrons. The number of hydrogen-bond acceptors (Lipinski definition) is 5. The van der Waals surface area contributed by atoms with E-state index in [0.29, 0.717) is 17.0 Å². The minimum Gasteiger partial charge on any atom is -0.482 e. The number of nitriles is 1. The van der Waals surface area contributed by atoms with Gasteiger partial charge in [-0.2, -0.15) is 5.26 Å². The molecule has 2 rings (SSSR count). The molecule has 6 heteroatoms. The average Bonchev–Trinajstić information content (AvgIpc) is 2.59. The van der Waals surface area contributed by atoms with Gasteiger partial charge < -0.3 is 14.8 Å². The molecule has 0 aliphatic heterocycles. The second kappa shape index (κ2) is 8.20. The molecule has 0 heterocycles. The Labute approximate surface area is 133 Å². The maximum Gasteiger partial charge on any atom is 0.344 e. The SMILES string of the molecule is N#Cc1ccccc1NC(=O)COC(=O)COc1ccccc1. The zero-order valence-electron chi connectivity index (χ0n) is 12.2. The van der Waals surface area contributed by atoms with Gasteiger partial charge in [-0.15, -0.1) is 0 Å². The Hall–Kier alpha value is -3.33. The van der Waals surface area contributed by atoms with Gasteiger partial charge in [0.1, 0.15) is 11.8 Å². The topological polar surface area (TPSA) is 88.4 Å². The van der Waals surface area contributed by atoms with Crippen LogP contribution in [0.1, 0.15) is 5.56 Å². The highest BCUT2D eigenvalue weighted by Crippen LogP contribution is 2.13. The van der Waals surface area contributed by atoms with Crippen molar-refractivity contribution in [3.8, 4) is 11.8 Å². The number of carbonyl (C=O) groups is 2. The molecule has 1 amide bonds. The van der Waals surface area contributed by atoms with Crippen LogP contribution in [0, 0.1) is 11.3 Å². The van der Waals surface area contributed by atoms with Crippen LogP contribution < -0.4 is 10.1 Å². The number of ether oxygens (including phenoxy) is 2. The van der Waals surface area contributed by atoms with Crippen LogP contribution in [0.15, 0.2) is 54.6 Å². The summed E-state index contributed by atoms with van der Waals surface area (Å²) >= 11 is 0. The molecule has 0 aliphatic carbocycles. The summed E-state index contributed by atoms with van der Waals surface area (Å²) in [6.07, 6.45) is 0. The van der Waals surface area contributed by atoms with Gasteiger partial charge in [0, 0.05) is 0 Å². The number of anilines is 1. The minimum atomic E-state index is -0.655. The fourth-order valence-electron chi connectivity index (χ4n) is 1.72. The van der Waals surface area contributed by atoms with Crippen molar-refractivity contribution in [2.45, 2.75) is 0 Å². The van der Waals surface area contributed by atoms with Crippen molar-refractivity contribution in [1.82, 2.24) is 0 Å². The van der Waals surface area contributed by atoms with Gasteiger partial charge in [-0.25, -0.2) is 4.79 Å². The lowest BCUT2D eigenvalue weighted by molar-refractivity contribution is -0.149. The van der Waals surface area contributed by atoms with E-state index in [4.69, 9.17) is 14.7 Å². The molecule has 2 aromatic rings. The summed E-state index contributed by atoms with van der Waals surface area (Å²) in [4.78, 5) is 23.2. The van der Waals surface area contributed by atoms with Crippen LogP contribution in [-0.4, -0.2) is 25.1 Å². The Morgan fingerprint density at radius 2 is 1.70 bits per heavy atom. The number of nitrogens with zero attached hydrogens (tertiary/aromatic N) is 1. The Morgan fingerprint density at radius 1 is 1.00 bits per heavy atom. The number of nitrogens with one attached hydrogen (secondary N) is 1. The van der Waals surface area contributed by atoms with Crippen LogP contribution >= 0.6 is 0 Å². The summed E-state index contributed by atoms with van der Waals surface area (Å²) < 4.78 is 10.0. The Balaban J connectivity index is 1.76. The van der Waals surface area contributed by atoms with Crippen molar-refractivity contribution in [2.75, 3.05) is 18.5 Å². The smallest absolute Gasteiger partial charge is 0.344 e. The zero-order chi connectivity index (χ0) is 16.5. The van der Waals surface area contributed by atoms with E-state index in [9.17, 15) is 9.59 Å². The summed E-state index contributed by atoms with van der Waals surface area (Å²) in [6.45, 7) is -0.733. The standard InChI is InChI=1S/C17H14N2O4/c18-10-13-6-4-5-9-15(13)19-16(20)11-23-17(21)12-22-14-7-2-1-3-8-14/h1-9H,11-12H2,(H,19,20). The van der Waals surface area contributed by atoms with Gasteiger partial charge in [-0.3, -0.25) is 4.79 Å². The lowest BCUT2D eigenvalue weighted by Crippen LogP contribution is -2.24. The Bertz CT molecular complexity index is 723. The van der Waals surface area contributed by atoms with Crippen molar-refractivity contribution < 1.29 is 19.1 Å². The van der Waals surface area contributed by atoms with E-state index in [1.165, 1.54) is 0 Å². The third kappa shape index (κ3) is 5.17. The van der Waals surface area contributed by atoms with Gasteiger partial charge in [-0.1, -0.05) is 30.3 Å². The van der Waals surface area contributed by atoms with Crippen LogP contribution in [0.2, 0.25) is 0 Å². The lowest BCUT2D eigenvalue weighted by Gasteiger charge is -2.08. The predicted octanol–water partition coefficient (Wildman–Crippen LogP) is 2.12. The summed E-state index contributed by atoms with van der Waals surface area (Å²) in [5, 5.41) is 11.4. The van der Waals surface area contributed by atoms with Gasteiger partial charge in [0.15, 0.2) is 13.2 Å². The van der Waals surface area contributed by atoms with Gasteiger partial charge >= 0.3 is 5.97 Å². The number of para-hydroxylation sites is 2. The van der Waals surface area contributed by atoms with Crippen molar-refractivity contribution >= 4 is 17.6 Å². The summed E-state index contributed by atoms with van der Waals surface area (Å²) in [6, 6.07) is 17.3. The highest BCUT2D eigenvalue weighted by atomic mass is 16.6. The molecule has 0 aromatic heterocycles. The first kappa shape index (κ1) is 16.0. The fraction of sp³-hybridized carbons (Fsp3) is 0.118. The molecular formula is C17H14N2O4. The van der Waals surface area contributed by atoms with E-state index < -0.39 is 18.5 Å². The number of carbonyl (C=O) groups excluding carboxylic acids is 2. The van der Waals surface area contributed by atoms with Crippen LogP contribution in [-0.2, 0) is 14.3 Å². The van der Waals surface area contributed by atoms with E-state index >= 15 is 0 Å². The van der Waals surface area contributed by atoms with Crippen molar-refractivity contribution in [1.29, 1.82) is 5.26 Å². The highest BCUT2D eigenvalue weighted by molar-refractivity contribution is 5.94. The number of benzene rings is 2. The van der Waals surface area contributed by atoms with Crippen molar-refractivity contribution in [3.63, 3.8) is 0 Å². The highest BCUT2D eigenvalue weighted by Gasteiger charge is 2.10. The first-order valence-corrected chi connectivity index (χ1v) is 6.81. The molecule has 0 aliphatic rings. The molecule has 6 nitrogen and oxygen atoms in total. The Kier molecular flexibility index (Phi) is 5.72. The fourth-order valence-corrected chi connectivity index (χ4v) is 1.72. The summed E-state index contributed by atoms with van der Waals surface area (Å²) in [5.41, 5.74) is 0.705. The quantitative estimate of drug-likeness (QED) is 0.826. The van der Waals surface area contributed by atoms with E-state index in [1.807, 2.05) is 12.1 Å².